The Morgan fingerprint density at radius 3 is 2.33 bits per heavy atom. The summed E-state index contributed by atoms with van der Waals surface area (Å²) in [6.07, 6.45) is 3.24. The molecule has 7 rings (SSSR count). The summed E-state index contributed by atoms with van der Waals surface area (Å²) in [6, 6.07) is 31.4. The Kier molecular flexibility index (Phi) is 10.5. The first kappa shape index (κ1) is 36.4. The van der Waals surface area contributed by atoms with Crippen LogP contribution in [-0.2, 0) is 32.1 Å². The van der Waals surface area contributed by atoms with E-state index in [-0.39, 0.29) is 25.6 Å². The van der Waals surface area contributed by atoms with Crippen molar-refractivity contribution in [2.24, 2.45) is 5.92 Å². The van der Waals surface area contributed by atoms with Crippen molar-refractivity contribution in [3.05, 3.63) is 108 Å². The number of pyridine rings is 2. The number of fused-ring (bicyclic) bond motifs is 4. The summed E-state index contributed by atoms with van der Waals surface area (Å²) < 4.78 is 8.54. The van der Waals surface area contributed by atoms with Crippen LogP contribution in [0.1, 0.15) is 51.4 Å². The Hall–Kier alpha value is -3.90. The quantitative estimate of drug-likeness (QED) is 0.128. The number of hydrogen-bond acceptors (Lipinski definition) is 4. The zero-order valence-electron chi connectivity index (χ0n) is 30.3. The van der Waals surface area contributed by atoms with Crippen LogP contribution in [0.4, 0.5) is 0 Å². The molecule has 0 aliphatic carbocycles. The average molecular weight is 843 g/mol. The minimum Gasteiger partial charge on any atom is -0.486 e. The van der Waals surface area contributed by atoms with Crippen LogP contribution in [0, 0.1) is 31.9 Å². The van der Waals surface area contributed by atoms with E-state index in [1.54, 1.807) is 0 Å². The SMILES string of the molecule is CC(C)Cc1cc(-c2[c-]cccc2)ncc1[Si](C)(C)C.Cc1ccc2c(n1)oc1c(-c3nc4ccccc4n3C(C)(C)C)[c-]cc(C)c12.[Ir]. The van der Waals surface area contributed by atoms with Crippen molar-refractivity contribution in [1.82, 2.24) is 19.5 Å². The molecule has 3 aromatic carbocycles. The van der Waals surface area contributed by atoms with Gasteiger partial charge in [0, 0.05) is 42.9 Å². The van der Waals surface area contributed by atoms with Gasteiger partial charge in [0.15, 0.2) is 0 Å². The standard InChI is InChI=1S/C24H22N3O.C18H24NSi.Ir/c1-14-10-12-17(21-20(14)16-13-11-15(2)25-23(16)28-21)22-26-18-8-6-7-9-19(18)27(22)24(3,4)5;1-14(2)11-16-12-17(15-9-7-6-8-10-15)19-13-18(16)20(3,4)5;/h6-11,13H,1-5H3;6-9,12-14H,11H2,1-5H3;/q2*-1;. The van der Waals surface area contributed by atoms with Crippen molar-refractivity contribution in [1.29, 1.82) is 0 Å². The van der Waals surface area contributed by atoms with Crippen LogP contribution in [0.15, 0.2) is 83.4 Å². The van der Waals surface area contributed by atoms with Gasteiger partial charge in [-0.25, -0.2) is 4.98 Å². The molecule has 0 spiro atoms. The summed E-state index contributed by atoms with van der Waals surface area (Å²) in [5.41, 5.74) is 9.95. The number of nitrogens with zero attached hydrogens (tertiary/aromatic N) is 4. The largest absolute Gasteiger partial charge is 0.486 e. The van der Waals surface area contributed by atoms with Crippen molar-refractivity contribution in [3.63, 3.8) is 0 Å². The molecular formula is C42H46IrN4OSi-2. The summed E-state index contributed by atoms with van der Waals surface area (Å²) in [6.45, 7) is 22.4. The molecule has 0 saturated carbocycles. The number of para-hydroxylation sites is 2. The molecule has 0 bridgehead atoms. The van der Waals surface area contributed by atoms with Crippen molar-refractivity contribution in [2.45, 2.75) is 80.1 Å². The molecule has 0 unspecified atom stereocenters. The van der Waals surface area contributed by atoms with E-state index in [2.05, 4.69) is 130 Å². The molecule has 7 heteroatoms. The molecule has 49 heavy (non-hydrogen) atoms. The van der Waals surface area contributed by atoms with E-state index in [0.29, 0.717) is 11.6 Å². The number of aromatic nitrogens is 4. The van der Waals surface area contributed by atoms with Crippen LogP contribution in [0.25, 0.3) is 55.7 Å². The first-order valence-electron chi connectivity index (χ1n) is 16.9. The number of aryl methyl sites for hydroxylation is 2. The maximum atomic E-state index is 6.27. The number of furan rings is 1. The second-order valence-electron chi connectivity index (χ2n) is 15.2. The van der Waals surface area contributed by atoms with Crippen LogP contribution >= 0.6 is 0 Å². The molecule has 4 aromatic heterocycles. The third-order valence-corrected chi connectivity index (χ3v) is 10.7. The summed E-state index contributed by atoms with van der Waals surface area (Å²) in [4.78, 5) is 14.2. The maximum Gasteiger partial charge on any atom is 0.216 e. The molecule has 0 saturated heterocycles. The second-order valence-corrected chi connectivity index (χ2v) is 20.3. The summed E-state index contributed by atoms with van der Waals surface area (Å²) in [7, 11) is -1.34. The van der Waals surface area contributed by atoms with Crippen molar-refractivity contribution >= 4 is 46.4 Å². The molecule has 0 amide bonds. The molecule has 0 aliphatic rings. The minimum absolute atomic E-state index is 0. The fourth-order valence-electron chi connectivity index (χ4n) is 6.48. The van der Waals surface area contributed by atoms with Crippen molar-refractivity contribution < 1.29 is 24.5 Å². The van der Waals surface area contributed by atoms with Gasteiger partial charge in [0.2, 0.25) is 5.71 Å². The zero-order chi connectivity index (χ0) is 34.4. The normalized spacial score (nSPS) is 12.0. The first-order chi connectivity index (χ1) is 22.7. The molecular weight excluding hydrogens is 797 g/mol. The fraction of sp³-hybridized carbons (Fsp3) is 0.310. The third kappa shape index (κ3) is 7.50. The number of rotatable bonds is 5. The third-order valence-electron chi connectivity index (χ3n) is 8.62. The second kappa shape index (κ2) is 14.1. The van der Waals surface area contributed by atoms with Gasteiger partial charge in [-0.1, -0.05) is 75.1 Å². The molecule has 0 fully saturated rings. The van der Waals surface area contributed by atoms with E-state index in [1.165, 1.54) is 10.8 Å². The minimum atomic E-state index is -1.34. The van der Waals surface area contributed by atoms with Crippen LogP contribution in [-0.4, -0.2) is 27.6 Å². The zero-order valence-corrected chi connectivity index (χ0v) is 33.7. The van der Waals surface area contributed by atoms with E-state index in [9.17, 15) is 0 Å². The van der Waals surface area contributed by atoms with Crippen LogP contribution in [0.5, 0.6) is 0 Å². The van der Waals surface area contributed by atoms with Crippen molar-refractivity contribution in [3.8, 4) is 22.6 Å². The van der Waals surface area contributed by atoms with E-state index < -0.39 is 8.07 Å². The van der Waals surface area contributed by atoms with Gasteiger partial charge in [0.05, 0.1) is 30.5 Å². The van der Waals surface area contributed by atoms with Crippen LogP contribution in [0.3, 0.4) is 0 Å². The number of hydrogen-bond donors (Lipinski definition) is 0. The molecule has 5 nitrogen and oxygen atoms in total. The van der Waals surface area contributed by atoms with Gasteiger partial charge in [0.25, 0.3) is 0 Å². The van der Waals surface area contributed by atoms with Crippen LogP contribution < -0.4 is 5.19 Å². The van der Waals surface area contributed by atoms with Gasteiger partial charge in [-0.2, -0.15) is 0 Å². The fourth-order valence-corrected chi connectivity index (χ4v) is 8.07. The average Bonchev–Trinajstić information content (AvgIpc) is 3.60. The van der Waals surface area contributed by atoms with Gasteiger partial charge in [0.1, 0.15) is 0 Å². The van der Waals surface area contributed by atoms with E-state index >= 15 is 0 Å². The molecule has 255 valence electrons. The molecule has 0 aliphatic heterocycles. The first-order valence-corrected chi connectivity index (χ1v) is 20.4. The van der Waals surface area contributed by atoms with Gasteiger partial charge in [-0.15, -0.1) is 53.6 Å². The van der Waals surface area contributed by atoms with Gasteiger partial charge < -0.3 is 14.0 Å². The Bertz CT molecular complexity index is 2240. The monoisotopic (exact) mass is 843 g/mol. The number of imidazole rings is 1. The predicted molar refractivity (Wildman–Crippen MR) is 204 cm³/mol. The summed E-state index contributed by atoms with van der Waals surface area (Å²) in [5, 5.41) is 3.61. The Morgan fingerprint density at radius 2 is 1.65 bits per heavy atom. The maximum absolute atomic E-state index is 6.27. The van der Waals surface area contributed by atoms with Gasteiger partial charge in [-0.3, -0.25) is 4.98 Å². The smallest absolute Gasteiger partial charge is 0.216 e. The van der Waals surface area contributed by atoms with E-state index in [1.807, 2.05) is 43.3 Å². The summed E-state index contributed by atoms with van der Waals surface area (Å²) >= 11 is 0. The molecule has 4 heterocycles. The molecule has 0 atom stereocenters. The van der Waals surface area contributed by atoms with E-state index in [0.717, 1.165) is 67.7 Å². The van der Waals surface area contributed by atoms with Crippen LogP contribution in [0.2, 0.25) is 19.6 Å². The van der Waals surface area contributed by atoms with Gasteiger partial charge >= 0.3 is 0 Å². The van der Waals surface area contributed by atoms with E-state index in [4.69, 9.17) is 9.40 Å². The Morgan fingerprint density at radius 1 is 0.918 bits per heavy atom. The topological polar surface area (TPSA) is 56.7 Å². The van der Waals surface area contributed by atoms with Crippen molar-refractivity contribution in [2.75, 3.05) is 0 Å². The Labute approximate surface area is 305 Å². The predicted octanol–water partition coefficient (Wildman–Crippen LogP) is 10.5. The summed E-state index contributed by atoms with van der Waals surface area (Å²) in [5.74, 6) is 1.54. The molecule has 1 radical (unpaired) electrons. The molecule has 7 aromatic rings. The van der Waals surface area contributed by atoms with Gasteiger partial charge in [-0.05, 0) is 75.2 Å². The number of benzene rings is 3. The Balaban J connectivity index is 0.000000199. The molecule has 0 N–H and O–H groups in total.